The number of phosphoric ester groups is 1. The molecule has 3 saturated heterocycles. The molecule has 5 N–H and O–H groups in total. The second-order valence-corrected chi connectivity index (χ2v) is 13.4. The van der Waals surface area contributed by atoms with Gasteiger partial charge in [-0.3, -0.25) is 23.5 Å². The molecule has 3 aromatic heterocycles. The number of phosphoric acid groups is 1. The van der Waals surface area contributed by atoms with Gasteiger partial charge in [-0.2, -0.15) is 0 Å². The molecule has 0 saturated carbocycles. The molecule has 6 rings (SSSR count). The molecule has 0 radical (unpaired) electrons. The molecule has 3 aliphatic heterocycles. The molecule has 2 bridgehead atoms. The van der Waals surface area contributed by atoms with Crippen LogP contribution in [0.1, 0.15) is 12.5 Å². The number of nitrogens with two attached hydrogens (primary N) is 1. The summed E-state index contributed by atoms with van der Waals surface area (Å²) in [7, 11) is -5.30. The second kappa shape index (κ2) is 10.9. The van der Waals surface area contributed by atoms with Crippen molar-refractivity contribution in [3.05, 3.63) is 45.8 Å². The number of hydrogen-bond acceptors (Lipinski definition) is 18. The van der Waals surface area contributed by atoms with Gasteiger partial charge in [0.15, 0.2) is 23.9 Å². The van der Waals surface area contributed by atoms with Crippen LogP contribution in [0.4, 0.5) is 5.82 Å². The van der Waals surface area contributed by atoms with Crippen molar-refractivity contribution >= 4 is 43.3 Å². The standard InChI is InChI=1S/C19H23N7O13P2S/c20-15-10-16(22-5-21-15)26(6-23-10)18-14-11(28)7(36-18)3-35-41(33,42)39-13-8(4-34-40(31,32)38-14)37-17(12(13)29)25-2-1-9(27)24-19(25)30/h1-2,5-8,11-14,17-18,28-29H,3-4H2,(H,31,32)(H,33,42)(H2,20,21,22)(H,24,27,30)/p-2/t7-,8-,11-,12-,13-,14-,17-,18-,41?/m1/s1. The van der Waals surface area contributed by atoms with E-state index in [-0.39, 0.29) is 17.0 Å². The lowest BCUT2D eigenvalue weighted by atomic mass is 10.1. The van der Waals surface area contributed by atoms with Gasteiger partial charge in [-0.25, -0.2) is 19.7 Å². The Labute approximate surface area is 238 Å². The van der Waals surface area contributed by atoms with Crippen molar-refractivity contribution in [1.29, 1.82) is 0 Å². The highest BCUT2D eigenvalue weighted by atomic mass is 32.5. The van der Waals surface area contributed by atoms with Gasteiger partial charge in [0.1, 0.15) is 55.2 Å². The normalized spacial score (nSPS) is 39.3. The van der Waals surface area contributed by atoms with Crippen LogP contribution in [0.3, 0.4) is 0 Å². The van der Waals surface area contributed by atoms with Crippen LogP contribution in [0.25, 0.3) is 11.2 Å². The van der Waals surface area contributed by atoms with Crippen LogP contribution >= 0.6 is 14.5 Å². The average molecular weight is 649 g/mol. The van der Waals surface area contributed by atoms with E-state index in [9.17, 15) is 34.2 Å². The topological polar surface area (TPSA) is 284 Å². The zero-order valence-corrected chi connectivity index (χ0v) is 23.4. The van der Waals surface area contributed by atoms with E-state index in [1.165, 1.54) is 10.9 Å². The number of nitrogens with zero attached hydrogens (tertiary/aromatic N) is 5. The van der Waals surface area contributed by atoms with Crippen LogP contribution in [0.2, 0.25) is 0 Å². The Bertz CT molecular complexity index is 1720. The summed E-state index contributed by atoms with van der Waals surface area (Å²) in [4.78, 5) is 63.8. The molecule has 0 aliphatic carbocycles. The third-order valence-electron chi connectivity index (χ3n) is 6.70. The summed E-state index contributed by atoms with van der Waals surface area (Å²) in [6.07, 6.45) is -9.21. The number of aliphatic hydroxyl groups excluding tert-OH is 2. The molecular weight excluding hydrogens is 628 g/mol. The van der Waals surface area contributed by atoms with E-state index in [2.05, 4.69) is 15.0 Å². The Kier molecular flexibility index (Phi) is 7.67. The highest BCUT2D eigenvalue weighted by Gasteiger charge is 2.51. The lowest BCUT2D eigenvalue weighted by Crippen LogP contribution is -2.39. The molecule has 228 valence electrons. The Hall–Kier alpha value is -2.49. The molecule has 3 aliphatic rings. The number of nitrogen functional groups attached to an aromatic ring is 1. The summed E-state index contributed by atoms with van der Waals surface area (Å²) >= 11 is 4.97. The fraction of sp³-hybridized carbons (Fsp3) is 0.526. The number of fused-ring (bicyclic) bond motifs is 4. The molecule has 20 nitrogen and oxygen atoms in total. The summed E-state index contributed by atoms with van der Waals surface area (Å²) < 4.78 is 47.3. The van der Waals surface area contributed by atoms with E-state index in [1.807, 2.05) is 4.98 Å². The second-order valence-electron chi connectivity index (χ2n) is 9.34. The average Bonchev–Trinajstić information content (AvgIpc) is 3.57. The van der Waals surface area contributed by atoms with Crippen LogP contribution in [0, 0.1) is 0 Å². The van der Waals surface area contributed by atoms with Gasteiger partial charge < -0.3 is 53.3 Å². The quantitative estimate of drug-likeness (QED) is 0.195. The van der Waals surface area contributed by atoms with Crippen LogP contribution in [-0.4, -0.2) is 89.1 Å². The van der Waals surface area contributed by atoms with Gasteiger partial charge in [0.05, 0.1) is 19.5 Å². The van der Waals surface area contributed by atoms with Gasteiger partial charge in [0.2, 0.25) is 0 Å². The predicted molar refractivity (Wildman–Crippen MR) is 134 cm³/mol. The molecule has 2 unspecified atom stereocenters. The molecule has 42 heavy (non-hydrogen) atoms. The molecular formula is C19H21N7O13P2S-2. The van der Waals surface area contributed by atoms with Gasteiger partial charge in [-0.05, 0) is 0 Å². The highest BCUT2D eigenvalue weighted by molar-refractivity contribution is 8.06. The van der Waals surface area contributed by atoms with Crippen molar-refractivity contribution in [2.75, 3.05) is 18.9 Å². The van der Waals surface area contributed by atoms with Gasteiger partial charge in [0, 0.05) is 12.3 Å². The predicted octanol–water partition coefficient (Wildman–Crippen LogP) is -3.65. The Morgan fingerprint density at radius 2 is 1.74 bits per heavy atom. The first-order valence-electron chi connectivity index (χ1n) is 12.0. The summed E-state index contributed by atoms with van der Waals surface area (Å²) in [5.74, 6) is 0.0227. The van der Waals surface area contributed by atoms with E-state index in [0.717, 1.165) is 23.2 Å². The molecule has 0 aromatic carbocycles. The maximum Gasteiger partial charge on any atom is 0.330 e. The number of rotatable bonds is 2. The van der Waals surface area contributed by atoms with Gasteiger partial charge in [0.25, 0.3) is 13.4 Å². The lowest BCUT2D eigenvalue weighted by molar-refractivity contribution is -0.238. The van der Waals surface area contributed by atoms with E-state index in [4.69, 9.17) is 45.1 Å². The fourth-order valence-electron chi connectivity index (χ4n) is 4.78. The van der Waals surface area contributed by atoms with Gasteiger partial charge >= 0.3 is 5.69 Å². The van der Waals surface area contributed by atoms with Crippen molar-refractivity contribution in [2.45, 2.75) is 49.1 Å². The maximum absolute atomic E-state index is 13.1. The minimum atomic E-state index is -5.30. The highest BCUT2D eigenvalue weighted by Crippen LogP contribution is 2.50. The smallest absolute Gasteiger partial charge is 0.330 e. The Morgan fingerprint density at radius 3 is 2.50 bits per heavy atom. The number of aromatic amines is 1. The third kappa shape index (κ3) is 5.48. The van der Waals surface area contributed by atoms with Crippen LogP contribution < -0.4 is 26.8 Å². The lowest BCUT2D eigenvalue weighted by Gasteiger charge is -2.34. The first kappa shape index (κ1) is 29.6. The first-order chi connectivity index (χ1) is 19.8. The first-order valence-corrected chi connectivity index (χ1v) is 16.0. The van der Waals surface area contributed by atoms with E-state index < -0.39 is 88.1 Å². The minimum Gasteiger partial charge on any atom is -0.780 e. The molecule has 0 amide bonds. The summed E-state index contributed by atoms with van der Waals surface area (Å²) in [5, 5.41) is 21.8. The third-order valence-corrected chi connectivity index (χ3v) is 9.21. The van der Waals surface area contributed by atoms with Gasteiger partial charge in [-0.1, -0.05) is 11.8 Å². The molecule has 6 heterocycles. The summed E-state index contributed by atoms with van der Waals surface area (Å²) in [6, 6.07) is 0.977. The number of hydrogen-bond donors (Lipinski definition) is 4. The van der Waals surface area contributed by atoms with Crippen LogP contribution in [0.15, 0.2) is 34.5 Å². The van der Waals surface area contributed by atoms with Crippen molar-refractivity contribution < 1.29 is 52.1 Å². The van der Waals surface area contributed by atoms with Crippen molar-refractivity contribution in [1.82, 2.24) is 29.1 Å². The number of anilines is 1. The van der Waals surface area contributed by atoms with Crippen molar-refractivity contribution in [3.8, 4) is 0 Å². The van der Waals surface area contributed by atoms with Crippen molar-refractivity contribution in [3.63, 3.8) is 0 Å². The zero-order chi connectivity index (χ0) is 30.0. The number of H-pyrrole nitrogens is 1. The monoisotopic (exact) mass is 649 g/mol. The van der Waals surface area contributed by atoms with Gasteiger partial charge in [-0.15, -0.1) is 0 Å². The number of aromatic nitrogens is 6. The SMILES string of the molecule is Nc1ncnc2c1ncn2[C@@H]1O[C@@H]2COP([O-])(=S)O[C@H]3[C@@H](O)[C@H](n4ccc(=O)[nH]c4=O)O[C@@H]3COP(=O)([O-])O[C@@H]1[C@@H]2O. The molecule has 0 spiro atoms. The number of aliphatic hydroxyl groups is 2. The molecule has 23 heteroatoms. The van der Waals surface area contributed by atoms with Crippen LogP contribution in [0.5, 0.6) is 0 Å². The molecule has 3 fully saturated rings. The van der Waals surface area contributed by atoms with E-state index >= 15 is 0 Å². The van der Waals surface area contributed by atoms with Crippen molar-refractivity contribution in [2.24, 2.45) is 0 Å². The van der Waals surface area contributed by atoms with E-state index in [0.29, 0.717) is 0 Å². The number of imidazole rings is 1. The minimum absolute atomic E-state index is 0.0227. The largest absolute Gasteiger partial charge is 0.780 e. The fourth-order valence-corrected chi connectivity index (χ4v) is 7.13. The number of ether oxygens (including phenoxy) is 2. The maximum atomic E-state index is 13.1. The summed E-state index contributed by atoms with van der Waals surface area (Å²) in [6.45, 7) is -6.07. The van der Waals surface area contributed by atoms with Crippen LogP contribution in [-0.2, 0) is 43.9 Å². The Morgan fingerprint density at radius 1 is 1.00 bits per heavy atom. The Balaban J connectivity index is 1.32. The zero-order valence-electron chi connectivity index (χ0n) is 20.8. The molecule has 3 aromatic rings. The number of nitrogens with one attached hydrogen (secondary N) is 1. The molecule has 10 atom stereocenters. The van der Waals surface area contributed by atoms with E-state index in [1.54, 1.807) is 0 Å². The summed E-state index contributed by atoms with van der Waals surface area (Å²) in [5.41, 5.74) is 4.41.